The molecular weight excluding hydrogens is 461 g/mol. The van der Waals surface area contributed by atoms with Gasteiger partial charge >= 0.3 is 0 Å². The average molecular weight is 506 g/mol. The number of rotatable bonds is 4. The van der Waals surface area contributed by atoms with Gasteiger partial charge in [-0.1, -0.05) is 20.3 Å². The Balaban J connectivity index is 0.00000280. The van der Waals surface area contributed by atoms with Crippen LogP contribution < -0.4 is 10.6 Å². The van der Waals surface area contributed by atoms with Gasteiger partial charge in [0.25, 0.3) is 0 Å². The van der Waals surface area contributed by atoms with Gasteiger partial charge in [0.05, 0.1) is 0 Å². The Labute approximate surface area is 190 Å². The molecule has 6 heteroatoms. The lowest BCUT2D eigenvalue weighted by Gasteiger charge is -2.50. The van der Waals surface area contributed by atoms with E-state index >= 15 is 0 Å². The molecule has 5 nitrogen and oxygen atoms in total. The standard InChI is InChI=1S/C22H43N5.HI/c1-18-14-19(2)16-20(15-18)25-21(23-3)24-17-22(8-12-26(4)13-9-22)27-10-6-5-7-11-27;/h18-20H,5-17H2,1-4H3,(H2,23,24,25);1H. The van der Waals surface area contributed by atoms with Crippen LogP contribution in [0.3, 0.4) is 0 Å². The van der Waals surface area contributed by atoms with Crippen LogP contribution in [-0.4, -0.2) is 74.2 Å². The lowest BCUT2D eigenvalue weighted by molar-refractivity contribution is 0.0172. The number of nitrogens with zero attached hydrogens (tertiary/aromatic N) is 3. The van der Waals surface area contributed by atoms with Gasteiger partial charge in [0.15, 0.2) is 5.96 Å². The number of hydrogen-bond acceptors (Lipinski definition) is 3. The molecule has 0 aromatic heterocycles. The van der Waals surface area contributed by atoms with Crippen LogP contribution in [0.4, 0.5) is 0 Å². The minimum Gasteiger partial charge on any atom is -0.355 e. The summed E-state index contributed by atoms with van der Waals surface area (Å²) in [4.78, 5) is 9.86. The zero-order chi connectivity index (χ0) is 19.3. The van der Waals surface area contributed by atoms with Crippen LogP contribution in [0.1, 0.15) is 65.2 Å². The van der Waals surface area contributed by atoms with E-state index in [1.54, 1.807) is 0 Å². The van der Waals surface area contributed by atoms with Crippen molar-refractivity contribution in [2.24, 2.45) is 16.8 Å². The van der Waals surface area contributed by atoms with Gasteiger partial charge in [0, 0.05) is 25.2 Å². The molecule has 2 saturated heterocycles. The summed E-state index contributed by atoms with van der Waals surface area (Å²) >= 11 is 0. The van der Waals surface area contributed by atoms with Crippen molar-refractivity contribution in [3.05, 3.63) is 0 Å². The fraction of sp³-hybridized carbons (Fsp3) is 0.955. The summed E-state index contributed by atoms with van der Waals surface area (Å²) in [5, 5.41) is 7.49. The average Bonchev–Trinajstić information content (AvgIpc) is 2.66. The van der Waals surface area contributed by atoms with Crippen LogP contribution in [0.2, 0.25) is 0 Å². The maximum Gasteiger partial charge on any atom is 0.191 e. The quantitative estimate of drug-likeness (QED) is 0.349. The van der Waals surface area contributed by atoms with E-state index in [9.17, 15) is 0 Å². The Hall–Kier alpha value is -0.0800. The molecule has 28 heavy (non-hydrogen) atoms. The van der Waals surface area contributed by atoms with Gasteiger partial charge in [-0.15, -0.1) is 24.0 Å². The van der Waals surface area contributed by atoms with E-state index in [0.29, 0.717) is 11.6 Å². The van der Waals surface area contributed by atoms with Crippen LogP contribution in [0.15, 0.2) is 4.99 Å². The monoisotopic (exact) mass is 505 g/mol. The minimum absolute atomic E-state index is 0. The van der Waals surface area contributed by atoms with E-state index in [0.717, 1.165) is 24.3 Å². The molecule has 2 unspecified atom stereocenters. The Kier molecular flexibility index (Phi) is 9.81. The molecule has 0 bridgehead atoms. The first-order valence-electron chi connectivity index (χ1n) is 11.4. The van der Waals surface area contributed by atoms with Crippen LogP contribution >= 0.6 is 24.0 Å². The van der Waals surface area contributed by atoms with E-state index < -0.39 is 0 Å². The fourth-order valence-electron chi connectivity index (χ4n) is 5.71. The zero-order valence-corrected chi connectivity index (χ0v) is 21.0. The summed E-state index contributed by atoms with van der Waals surface area (Å²) in [5.41, 5.74) is 0.303. The number of hydrogen-bond donors (Lipinski definition) is 2. The molecule has 2 atom stereocenters. The molecule has 0 spiro atoms. The minimum atomic E-state index is 0. The van der Waals surface area contributed by atoms with Crippen molar-refractivity contribution in [2.75, 3.05) is 46.8 Å². The first kappa shape index (κ1) is 24.2. The molecular formula is C22H44IN5. The molecule has 0 aromatic carbocycles. The third-order valence-corrected chi connectivity index (χ3v) is 7.27. The molecule has 2 heterocycles. The van der Waals surface area contributed by atoms with E-state index in [2.05, 4.69) is 46.3 Å². The van der Waals surface area contributed by atoms with E-state index in [1.165, 1.54) is 77.5 Å². The normalized spacial score (nSPS) is 32.4. The summed E-state index contributed by atoms with van der Waals surface area (Å²) in [6, 6.07) is 0.568. The largest absolute Gasteiger partial charge is 0.355 e. The second kappa shape index (κ2) is 11.3. The van der Waals surface area contributed by atoms with Crippen LogP contribution in [0.25, 0.3) is 0 Å². The van der Waals surface area contributed by atoms with Gasteiger partial charge in [-0.25, -0.2) is 0 Å². The van der Waals surface area contributed by atoms with Gasteiger partial charge in [-0.05, 0) is 90.0 Å². The van der Waals surface area contributed by atoms with Crippen LogP contribution in [-0.2, 0) is 0 Å². The Bertz CT molecular complexity index is 473. The van der Waals surface area contributed by atoms with Crippen molar-refractivity contribution in [1.29, 1.82) is 0 Å². The Morgan fingerprint density at radius 2 is 1.57 bits per heavy atom. The smallest absolute Gasteiger partial charge is 0.191 e. The number of nitrogens with one attached hydrogen (secondary N) is 2. The van der Waals surface area contributed by atoms with Crippen molar-refractivity contribution in [2.45, 2.75) is 76.8 Å². The number of likely N-dealkylation sites (tertiary alicyclic amines) is 2. The molecule has 0 amide bonds. The maximum atomic E-state index is 4.57. The van der Waals surface area contributed by atoms with E-state index in [-0.39, 0.29) is 24.0 Å². The summed E-state index contributed by atoms with van der Waals surface area (Å²) in [6.07, 6.45) is 10.6. The molecule has 0 radical (unpaired) electrons. The van der Waals surface area contributed by atoms with Crippen LogP contribution in [0.5, 0.6) is 0 Å². The van der Waals surface area contributed by atoms with Crippen molar-refractivity contribution in [1.82, 2.24) is 20.4 Å². The van der Waals surface area contributed by atoms with Gasteiger partial charge < -0.3 is 15.5 Å². The van der Waals surface area contributed by atoms with Crippen molar-refractivity contribution in [3.8, 4) is 0 Å². The molecule has 1 saturated carbocycles. The van der Waals surface area contributed by atoms with Crippen molar-refractivity contribution in [3.63, 3.8) is 0 Å². The van der Waals surface area contributed by atoms with E-state index in [1.807, 2.05) is 7.05 Å². The second-order valence-electron chi connectivity index (χ2n) is 9.76. The highest BCUT2D eigenvalue weighted by Crippen LogP contribution is 2.31. The second-order valence-corrected chi connectivity index (χ2v) is 9.76. The lowest BCUT2D eigenvalue weighted by atomic mass is 9.80. The Morgan fingerprint density at radius 1 is 0.964 bits per heavy atom. The molecule has 2 N–H and O–H groups in total. The lowest BCUT2D eigenvalue weighted by Crippen LogP contribution is -2.62. The van der Waals surface area contributed by atoms with Gasteiger partial charge in [-0.2, -0.15) is 0 Å². The summed E-state index contributed by atoms with van der Waals surface area (Å²) in [5.74, 6) is 2.65. The molecule has 1 aliphatic carbocycles. The fourth-order valence-corrected chi connectivity index (χ4v) is 5.71. The molecule has 2 aliphatic heterocycles. The molecule has 0 aromatic rings. The van der Waals surface area contributed by atoms with E-state index in [4.69, 9.17) is 0 Å². The zero-order valence-electron chi connectivity index (χ0n) is 18.7. The molecule has 3 rings (SSSR count). The third kappa shape index (κ3) is 6.46. The number of halogens is 1. The van der Waals surface area contributed by atoms with Gasteiger partial charge in [0.1, 0.15) is 0 Å². The molecule has 3 aliphatic rings. The Morgan fingerprint density at radius 3 is 2.14 bits per heavy atom. The summed E-state index contributed by atoms with van der Waals surface area (Å²) < 4.78 is 0. The van der Waals surface area contributed by atoms with Gasteiger partial charge in [0.2, 0.25) is 0 Å². The predicted molar refractivity (Wildman–Crippen MR) is 131 cm³/mol. The summed E-state index contributed by atoms with van der Waals surface area (Å²) in [6.45, 7) is 10.8. The first-order chi connectivity index (χ1) is 13.0. The number of guanidine groups is 1. The molecule has 164 valence electrons. The topological polar surface area (TPSA) is 42.9 Å². The molecule has 3 fully saturated rings. The first-order valence-corrected chi connectivity index (χ1v) is 11.4. The highest BCUT2D eigenvalue weighted by molar-refractivity contribution is 14.0. The van der Waals surface area contributed by atoms with Gasteiger partial charge in [-0.3, -0.25) is 9.89 Å². The highest BCUT2D eigenvalue weighted by Gasteiger charge is 2.39. The highest BCUT2D eigenvalue weighted by atomic mass is 127. The number of piperidine rings is 2. The third-order valence-electron chi connectivity index (χ3n) is 7.27. The summed E-state index contributed by atoms with van der Waals surface area (Å²) in [7, 11) is 4.19. The van der Waals surface area contributed by atoms with Crippen molar-refractivity contribution < 1.29 is 0 Å². The maximum absolute atomic E-state index is 4.57. The predicted octanol–water partition coefficient (Wildman–Crippen LogP) is 3.54. The van der Waals surface area contributed by atoms with Crippen molar-refractivity contribution >= 4 is 29.9 Å². The SMILES string of the molecule is CN=C(NCC1(N2CCCCC2)CCN(C)CC1)NC1CC(C)CC(C)C1.I. The van der Waals surface area contributed by atoms with Crippen LogP contribution in [0, 0.1) is 11.8 Å². The number of aliphatic imine (C=N–C) groups is 1.